The van der Waals surface area contributed by atoms with Crippen molar-refractivity contribution in [3.8, 4) is 22.5 Å². The molecule has 2 aromatic heterocycles. The van der Waals surface area contributed by atoms with Crippen molar-refractivity contribution in [3.63, 3.8) is 0 Å². The Kier molecular flexibility index (Phi) is 4.58. The summed E-state index contributed by atoms with van der Waals surface area (Å²) in [6, 6.07) is 36.4. The first-order chi connectivity index (χ1) is 16.9. The summed E-state index contributed by atoms with van der Waals surface area (Å²) in [7, 11) is 0. The third-order valence-electron chi connectivity index (χ3n) is 7.95. The minimum atomic E-state index is 0.460. The Bertz CT molecular complexity index is 1530. The van der Waals surface area contributed by atoms with Crippen molar-refractivity contribution >= 4 is 10.8 Å². The molecule has 0 spiro atoms. The molecule has 0 N–H and O–H groups in total. The summed E-state index contributed by atoms with van der Waals surface area (Å²) in [6.07, 6.45) is 7.95. The van der Waals surface area contributed by atoms with Gasteiger partial charge < -0.3 is 0 Å². The average molecular weight is 441 g/mol. The molecule has 164 valence electrons. The Morgan fingerprint density at radius 1 is 0.647 bits per heavy atom. The summed E-state index contributed by atoms with van der Waals surface area (Å²) >= 11 is 0. The van der Waals surface area contributed by atoms with E-state index in [1.54, 1.807) is 0 Å². The summed E-state index contributed by atoms with van der Waals surface area (Å²) in [5.41, 5.74) is 8.45. The van der Waals surface area contributed by atoms with Crippen LogP contribution in [0.25, 0.3) is 33.3 Å². The standard InChI is InChI=1S/C32H28N2/c1-3-11-25-23(9-1)16-17-31-29(19-22-33-21-18-24-10-2-4-12-26(24)32(25)33)27-13-5-6-14-28(27)30-15-7-8-20-34(30)31/h1-15,18,20-21,29,31H,16-17,19,22H2/q+2. The van der Waals surface area contributed by atoms with Crippen LogP contribution in [0.2, 0.25) is 0 Å². The quantitative estimate of drug-likeness (QED) is 0.245. The molecular weight excluding hydrogens is 412 g/mol. The highest BCUT2D eigenvalue weighted by atomic mass is 15.0. The lowest BCUT2D eigenvalue weighted by Gasteiger charge is -2.31. The number of hydrogen-bond acceptors (Lipinski definition) is 0. The van der Waals surface area contributed by atoms with Crippen LogP contribution in [0.1, 0.15) is 35.9 Å². The van der Waals surface area contributed by atoms with Crippen LogP contribution in [0.4, 0.5) is 0 Å². The van der Waals surface area contributed by atoms with Gasteiger partial charge in [0.2, 0.25) is 11.4 Å². The van der Waals surface area contributed by atoms with Crippen LogP contribution >= 0.6 is 0 Å². The topological polar surface area (TPSA) is 7.76 Å². The molecule has 2 aliphatic heterocycles. The molecule has 4 heterocycles. The number of rotatable bonds is 0. The van der Waals surface area contributed by atoms with E-state index >= 15 is 0 Å². The lowest BCUT2D eigenvalue weighted by molar-refractivity contribution is -0.723. The molecule has 0 bridgehead atoms. The van der Waals surface area contributed by atoms with Crippen molar-refractivity contribution in [1.29, 1.82) is 0 Å². The molecule has 0 aliphatic carbocycles. The first kappa shape index (κ1) is 19.7. The third kappa shape index (κ3) is 3.02. The maximum atomic E-state index is 2.56. The first-order valence-electron chi connectivity index (χ1n) is 12.5. The summed E-state index contributed by atoms with van der Waals surface area (Å²) < 4.78 is 5.07. The highest BCUT2D eigenvalue weighted by Gasteiger charge is 2.40. The van der Waals surface area contributed by atoms with Crippen LogP contribution in [0.5, 0.6) is 0 Å². The van der Waals surface area contributed by atoms with Crippen LogP contribution in [0.15, 0.2) is 109 Å². The van der Waals surface area contributed by atoms with E-state index in [1.165, 1.54) is 44.4 Å². The van der Waals surface area contributed by atoms with Gasteiger partial charge in [0.15, 0.2) is 18.4 Å². The second kappa shape index (κ2) is 7.92. The van der Waals surface area contributed by atoms with Crippen molar-refractivity contribution in [2.24, 2.45) is 0 Å². The molecule has 34 heavy (non-hydrogen) atoms. The van der Waals surface area contributed by atoms with Gasteiger partial charge in [-0.05, 0) is 47.2 Å². The molecule has 2 heteroatoms. The Balaban J connectivity index is 1.44. The van der Waals surface area contributed by atoms with E-state index in [0.717, 1.165) is 25.8 Å². The van der Waals surface area contributed by atoms with Gasteiger partial charge in [-0.3, -0.25) is 0 Å². The van der Waals surface area contributed by atoms with E-state index < -0.39 is 0 Å². The Morgan fingerprint density at radius 3 is 2.41 bits per heavy atom. The molecule has 0 radical (unpaired) electrons. The van der Waals surface area contributed by atoms with Gasteiger partial charge in [0.1, 0.15) is 6.54 Å². The zero-order valence-electron chi connectivity index (χ0n) is 19.3. The minimum Gasteiger partial charge on any atom is -0.198 e. The van der Waals surface area contributed by atoms with Gasteiger partial charge in [-0.25, -0.2) is 0 Å². The maximum Gasteiger partial charge on any atom is 0.220 e. The van der Waals surface area contributed by atoms with Gasteiger partial charge in [0.05, 0.1) is 11.3 Å². The van der Waals surface area contributed by atoms with Crippen molar-refractivity contribution in [2.45, 2.75) is 37.8 Å². The zero-order chi connectivity index (χ0) is 22.5. The number of benzene rings is 3. The van der Waals surface area contributed by atoms with Gasteiger partial charge in [-0.15, -0.1) is 0 Å². The van der Waals surface area contributed by atoms with E-state index in [0.29, 0.717) is 12.0 Å². The Morgan fingerprint density at radius 2 is 1.44 bits per heavy atom. The predicted molar refractivity (Wildman–Crippen MR) is 136 cm³/mol. The molecular formula is C32H28N2+2. The molecule has 0 saturated carbocycles. The lowest BCUT2D eigenvalue weighted by Crippen LogP contribution is -2.49. The van der Waals surface area contributed by atoms with E-state index in [-0.39, 0.29) is 0 Å². The number of hydrogen-bond donors (Lipinski definition) is 0. The molecule has 3 aromatic carbocycles. The molecule has 2 nitrogen and oxygen atoms in total. The van der Waals surface area contributed by atoms with Gasteiger partial charge in [-0.1, -0.05) is 54.6 Å². The fourth-order valence-corrected chi connectivity index (χ4v) is 6.41. The minimum absolute atomic E-state index is 0.460. The van der Waals surface area contributed by atoms with Crippen LogP contribution < -0.4 is 9.13 Å². The van der Waals surface area contributed by atoms with Crippen molar-refractivity contribution in [3.05, 3.63) is 121 Å². The second-order valence-electron chi connectivity index (χ2n) is 9.68. The molecule has 2 aliphatic rings. The normalized spacial score (nSPS) is 18.7. The molecule has 0 saturated heterocycles. The summed E-state index contributed by atoms with van der Waals surface area (Å²) in [4.78, 5) is 0. The van der Waals surface area contributed by atoms with Crippen LogP contribution in [-0.2, 0) is 13.0 Å². The van der Waals surface area contributed by atoms with Gasteiger partial charge in [0.25, 0.3) is 0 Å². The maximum absolute atomic E-state index is 2.56. The molecule has 0 amide bonds. The SMILES string of the molecule is c1ccc2c(c1)CCC1C(CC[n+]3ccc4ccccc4c3-2)c2ccccc2-c2cccc[n+]21. The largest absolute Gasteiger partial charge is 0.220 e. The van der Waals surface area contributed by atoms with E-state index in [1.807, 2.05) is 0 Å². The highest BCUT2D eigenvalue weighted by Crippen LogP contribution is 2.42. The molecule has 5 aromatic rings. The summed E-state index contributed by atoms with van der Waals surface area (Å²) in [5, 5.41) is 2.66. The molecule has 2 unspecified atom stereocenters. The molecule has 0 fully saturated rings. The van der Waals surface area contributed by atoms with Crippen LogP contribution in [-0.4, -0.2) is 0 Å². The second-order valence-corrected chi connectivity index (χ2v) is 9.68. The number of nitrogens with zero attached hydrogens (tertiary/aromatic N) is 2. The third-order valence-corrected chi connectivity index (χ3v) is 7.95. The lowest BCUT2D eigenvalue weighted by atomic mass is 9.78. The van der Waals surface area contributed by atoms with Crippen molar-refractivity contribution in [2.75, 3.05) is 0 Å². The number of aromatic nitrogens is 2. The molecule has 7 rings (SSSR count). The Labute approximate surface area is 200 Å². The summed E-state index contributed by atoms with van der Waals surface area (Å²) in [6.45, 7) is 1.01. The number of fused-ring (bicyclic) bond motifs is 11. The molecule has 2 atom stereocenters. The van der Waals surface area contributed by atoms with Crippen molar-refractivity contribution in [1.82, 2.24) is 0 Å². The number of pyridine rings is 2. The monoisotopic (exact) mass is 440 g/mol. The van der Waals surface area contributed by atoms with Gasteiger partial charge >= 0.3 is 0 Å². The zero-order valence-corrected chi connectivity index (χ0v) is 19.3. The number of aryl methyl sites for hydroxylation is 2. The summed E-state index contributed by atoms with van der Waals surface area (Å²) in [5.74, 6) is 0.494. The fraction of sp³-hybridized carbons (Fsp3) is 0.188. The predicted octanol–water partition coefficient (Wildman–Crippen LogP) is 6.42. The first-order valence-corrected chi connectivity index (χ1v) is 12.5. The van der Waals surface area contributed by atoms with E-state index in [4.69, 9.17) is 0 Å². The smallest absolute Gasteiger partial charge is 0.198 e. The van der Waals surface area contributed by atoms with Crippen molar-refractivity contribution < 1.29 is 9.13 Å². The van der Waals surface area contributed by atoms with E-state index in [9.17, 15) is 0 Å². The van der Waals surface area contributed by atoms with Gasteiger partial charge in [0, 0.05) is 42.2 Å². The van der Waals surface area contributed by atoms with Gasteiger partial charge in [-0.2, -0.15) is 9.13 Å². The fourth-order valence-electron chi connectivity index (χ4n) is 6.41. The average Bonchev–Trinajstić information content (AvgIpc) is 2.91. The highest BCUT2D eigenvalue weighted by molar-refractivity contribution is 5.93. The van der Waals surface area contributed by atoms with Crippen LogP contribution in [0.3, 0.4) is 0 Å². The van der Waals surface area contributed by atoms with Crippen LogP contribution in [0, 0.1) is 0 Å². The van der Waals surface area contributed by atoms with E-state index in [2.05, 4.69) is 119 Å². The Hall–Kier alpha value is -3.78.